The van der Waals surface area contributed by atoms with E-state index in [1.54, 1.807) is 4.90 Å². The average Bonchev–Trinajstić information content (AvgIpc) is 2.64. The number of alkyl halides is 3. The van der Waals surface area contributed by atoms with Crippen LogP contribution in [-0.2, 0) is 0 Å². The second kappa shape index (κ2) is 5.83. The third-order valence-electron chi connectivity index (χ3n) is 3.65. The molecule has 0 spiro atoms. The zero-order valence-electron chi connectivity index (χ0n) is 10.6. The van der Waals surface area contributed by atoms with Crippen LogP contribution in [0.3, 0.4) is 0 Å². The van der Waals surface area contributed by atoms with Gasteiger partial charge in [-0.3, -0.25) is 4.90 Å². The molecule has 0 saturated heterocycles. The summed E-state index contributed by atoms with van der Waals surface area (Å²) in [5.41, 5.74) is -0.00136. The molecule has 1 rings (SSSR count). The summed E-state index contributed by atoms with van der Waals surface area (Å²) in [5, 5.41) is 0. The summed E-state index contributed by atoms with van der Waals surface area (Å²) < 4.78 is 37.5. The maximum absolute atomic E-state index is 12.5. The van der Waals surface area contributed by atoms with Gasteiger partial charge in [-0.15, -0.1) is 0 Å². The molecule has 0 radical (unpaired) electrons. The fourth-order valence-corrected chi connectivity index (χ4v) is 2.99. The molecule has 17 heavy (non-hydrogen) atoms. The average molecular weight is 269 g/mol. The SMILES string of the molecule is CC(C)N(CC(F)(F)F)CC1(CS)CCCC1. The lowest BCUT2D eigenvalue weighted by Crippen LogP contribution is -2.45. The monoisotopic (exact) mass is 269 g/mol. The first kappa shape index (κ1) is 15.2. The van der Waals surface area contributed by atoms with E-state index in [0.717, 1.165) is 25.7 Å². The lowest BCUT2D eigenvalue weighted by Gasteiger charge is -2.37. The van der Waals surface area contributed by atoms with Crippen molar-refractivity contribution in [3.63, 3.8) is 0 Å². The van der Waals surface area contributed by atoms with Crippen molar-refractivity contribution in [1.82, 2.24) is 4.90 Å². The molecule has 1 fully saturated rings. The molecule has 0 bridgehead atoms. The van der Waals surface area contributed by atoms with E-state index in [2.05, 4.69) is 12.6 Å². The van der Waals surface area contributed by atoms with Crippen molar-refractivity contribution in [3.05, 3.63) is 0 Å². The van der Waals surface area contributed by atoms with Crippen LogP contribution in [-0.4, -0.2) is 36.0 Å². The van der Waals surface area contributed by atoms with E-state index in [1.807, 2.05) is 13.8 Å². The van der Waals surface area contributed by atoms with Crippen LogP contribution >= 0.6 is 12.6 Å². The quantitative estimate of drug-likeness (QED) is 0.744. The first-order chi connectivity index (χ1) is 7.78. The lowest BCUT2D eigenvalue weighted by atomic mass is 9.87. The second-order valence-electron chi connectivity index (χ2n) is 5.48. The highest BCUT2D eigenvalue weighted by Crippen LogP contribution is 2.40. The second-order valence-corrected chi connectivity index (χ2v) is 5.80. The standard InChI is InChI=1S/C12H22F3NS/c1-10(2)16(8-12(13,14)15)7-11(9-17)5-3-4-6-11/h10,17H,3-9H2,1-2H3. The summed E-state index contributed by atoms with van der Waals surface area (Å²) in [5.74, 6) is 0.689. The Morgan fingerprint density at radius 3 is 2.12 bits per heavy atom. The van der Waals surface area contributed by atoms with E-state index in [9.17, 15) is 13.2 Å². The minimum atomic E-state index is -4.11. The molecule has 1 aliphatic rings. The lowest BCUT2D eigenvalue weighted by molar-refractivity contribution is -0.152. The number of halogens is 3. The topological polar surface area (TPSA) is 3.24 Å². The summed E-state index contributed by atoms with van der Waals surface area (Å²) in [6.07, 6.45) is 0.160. The number of thiol groups is 1. The Balaban J connectivity index is 2.65. The number of hydrogen-bond donors (Lipinski definition) is 1. The normalized spacial score (nSPS) is 20.5. The van der Waals surface area contributed by atoms with E-state index in [-0.39, 0.29) is 11.5 Å². The number of hydrogen-bond acceptors (Lipinski definition) is 2. The number of nitrogens with zero attached hydrogens (tertiary/aromatic N) is 1. The van der Waals surface area contributed by atoms with Gasteiger partial charge in [-0.05, 0) is 37.9 Å². The predicted molar refractivity (Wildman–Crippen MR) is 67.5 cm³/mol. The molecule has 1 aliphatic carbocycles. The zero-order valence-corrected chi connectivity index (χ0v) is 11.4. The van der Waals surface area contributed by atoms with Gasteiger partial charge in [-0.1, -0.05) is 12.8 Å². The first-order valence-corrected chi connectivity index (χ1v) is 6.83. The summed E-state index contributed by atoms with van der Waals surface area (Å²) in [6.45, 7) is 3.37. The summed E-state index contributed by atoms with van der Waals surface area (Å²) >= 11 is 4.35. The smallest absolute Gasteiger partial charge is 0.292 e. The molecule has 0 amide bonds. The van der Waals surface area contributed by atoms with Gasteiger partial charge in [0.05, 0.1) is 6.54 Å². The van der Waals surface area contributed by atoms with E-state index in [0.29, 0.717) is 12.3 Å². The van der Waals surface area contributed by atoms with E-state index in [4.69, 9.17) is 0 Å². The Hall–Kier alpha value is 0.100. The van der Waals surface area contributed by atoms with Crippen LogP contribution in [0.25, 0.3) is 0 Å². The fourth-order valence-electron chi connectivity index (χ4n) is 2.57. The maximum Gasteiger partial charge on any atom is 0.401 e. The fraction of sp³-hybridized carbons (Fsp3) is 1.00. The van der Waals surface area contributed by atoms with Gasteiger partial charge >= 0.3 is 6.18 Å². The summed E-state index contributed by atoms with van der Waals surface area (Å²) in [7, 11) is 0. The van der Waals surface area contributed by atoms with Crippen LogP contribution in [0, 0.1) is 5.41 Å². The molecule has 0 N–H and O–H groups in total. The predicted octanol–water partition coefficient (Wildman–Crippen LogP) is 3.75. The van der Waals surface area contributed by atoms with Crippen molar-refractivity contribution in [1.29, 1.82) is 0 Å². The van der Waals surface area contributed by atoms with Crippen molar-refractivity contribution >= 4 is 12.6 Å². The highest BCUT2D eigenvalue weighted by molar-refractivity contribution is 7.80. The van der Waals surface area contributed by atoms with Gasteiger partial charge in [0.2, 0.25) is 0 Å². The molecule has 5 heteroatoms. The Kier molecular flexibility index (Phi) is 5.20. The Morgan fingerprint density at radius 2 is 1.76 bits per heavy atom. The summed E-state index contributed by atoms with van der Waals surface area (Å²) in [6, 6.07) is -0.0750. The molecule has 0 aromatic rings. The van der Waals surface area contributed by atoms with Gasteiger partial charge < -0.3 is 0 Å². The van der Waals surface area contributed by atoms with Crippen LogP contribution in [0.5, 0.6) is 0 Å². The zero-order chi connectivity index (χ0) is 13.1. The Morgan fingerprint density at radius 1 is 1.24 bits per heavy atom. The van der Waals surface area contributed by atoms with Gasteiger partial charge in [-0.25, -0.2) is 0 Å². The largest absolute Gasteiger partial charge is 0.401 e. The first-order valence-electron chi connectivity index (χ1n) is 6.20. The van der Waals surface area contributed by atoms with Crippen LogP contribution in [0.2, 0.25) is 0 Å². The minimum Gasteiger partial charge on any atom is -0.292 e. The molecule has 1 nitrogen and oxygen atoms in total. The molecule has 0 aromatic carbocycles. The van der Waals surface area contributed by atoms with Crippen molar-refractivity contribution < 1.29 is 13.2 Å². The van der Waals surface area contributed by atoms with Gasteiger partial charge in [0.1, 0.15) is 0 Å². The molecule has 0 heterocycles. The van der Waals surface area contributed by atoms with Crippen molar-refractivity contribution in [3.8, 4) is 0 Å². The highest BCUT2D eigenvalue weighted by Gasteiger charge is 2.38. The molecule has 0 atom stereocenters. The van der Waals surface area contributed by atoms with Crippen molar-refractivity contribution in [2.24, 2.45) is 5.41 Å². The van der Waals surface area contributed by atoms with Gasteiger partial charge in [0.25, 0.3) is 0 Å². The van der Waals surface area contributed by atoms with Crippen LogP contribution in [0.15, 0.2) is 0 Å². The number of rotatable bonds is 5. The third-order valence-corrected chi connectivity index (χ3v) is 4.32. The summed E-state index contributed by atoms with van der Waals surface area (Å²) in [4.78, 5) is 1.54. The van der Waals surface area contributed by atoms with Crippen molar-refractivity contribution in [2.45, 2.75) is 51.7 Å². The molecule has 102 valence electrons. The molecule has 0 aromatic heterocycles. The molecular formula is C12H22F3NS. The van der Waals surface area contributed by atoms with E-state index >= 15 is 0 Å². The van der Waals surface area contributed by atoms with Gasteiger partial charge in [0.15, 0.2) is 0 Å². The van der Waals surface area contributed by atoms with E-state index < -0.39 is 12.7 Å². The maximum atomic E-state index is 12.5. The van der Waals surface area contributed by atoms with Gasteiger partial charge in [-0.2, -0.15) is 25.8 Å². The van der Waals surface area contributed by atoms with E-state index in [1.165, 1.54) is 0 Å². The minimum absolute atomic E-state index is 0.00136. The third kappa shape index (κ3) is 4.70. The van der Waals surface area contributed by atoms with Crippen LogP contribution in [0.1, 0.15) is 39.5 Å². The van der Waals surface area contributed by atoms with Crippen LogP contribution in [0.4, 0.5) is 13.2 Å². The highest BCUT2D eigenvalue weighted by atomic mass is 32.1. The molecular weight excluding hydrogens is 247 g/mol. The van der Waals surface area contributed by atoms with Gasteiger partial charge in [0, 0.05) is 12.6 Å². The van der Waals surface area contributed by atoms with Crippen LogP contribution < -0.4 is 0 Å². The van der Waals surface area contributed by atoms with Crippen molar-refractivity contribution in [2.75, 3.05) is 18.8 Å². The molecule has 0 unspecified atom stereocenters. The Bertz CT molecular complexity index is 234. The molecule has 1 saturated carbocycles. The molecule has 0 aliphatic heterocycles. The Labute approximate surface area is 107 Å².